The van der Waals surface area contributed by atoms with Crippen LogP contribution in [-0.4, -0.2) is 17.0 Å². The normalized spacial score (nSPS) is 13.9. The van der Waals surface area contributed by atoms with Gasteiger partial charge in [0.15, 0.2) is 0 Å². The first-order chi connectivity index (χ1) is 14.2. The number of carboxylic acid groups (broad SMARTS) is 1. The van der Waals surface area contributed by atoms with Gasteiger partial charge in [-0.2, -0.15) is 13.2 Å². The van der Waals surface area contributed by atoms with Crippen LogP contribution < -0.4 is 0 Å². The zero-order valence-electron chi connectivity index (χ0n) is 15.5. The number of carbonyl (C=O) groups is 1. The summed E-state index contributed by atoms with van der Waals surface area (Å²) in [4.78, 5) is 11.0. The summed E-state index contributed by atoms with van der Waals surface area (Å²) in [5, 5.41) is 8.49. The number of hydrogen-bond acceptors (Lipinski definition) is 1. The minimum atomic E-state index is -5.10. The highest BCUT2D eigenvalue weighted by atomic mass is 35.5. The van der Waals surface area contributed by atoms with E-state index in [2.05, 4.69) is 0 Å². The van der Waals surface area contributed by atoms with Crippen molar-refractivity contribution in [2.75, 3.05) is 0 Å². The molecule has 0 radical (unpaired) electrons. The maximum Gasteiger partial charge on any atom is 0.417 e. The van der Waals surface area contributed by atoms with Crippen molar-refractivity contribution in [2.24, 2.45) is 0 Å². The van der Waals surface area contributed by atoms with Gasteiger partial charge in [-0.3, -0.25) is 0 Å². The van der Waals surface area contributed by atoms with Crippen molar-refractivity contribution in [3.63, 3.8) is 0 Å². The van der Waals surface area contributed by atoms with Gasteiger partial charge in [-0.1, -0.05) is 47.8 Å². The number of rotatable bonds is 6. The monoisotopic (exact) mass is 504 g/mol. The van der Waals surface area contributed by atoms with Gasteiger partial charge >= 0.3 is 12.1 Å². The Bertz CT molecular complexity index is 1010. The van der Waals surface area contributed by atoms with Gasteiger partial charge in [-0.15, -0.1) is 0 Å². The molecule has 0 aliphatic heterocycles. The molecule has 0 unspecified atom stereocenters. The lowest BCUT2D eigenvalue weighted by atomic mass is 9.89. The van der Waals surface area contributed by atoms with Gasteiger partial charge in [0.05, 0.1) is 32.1 Å². The highest BCUT2D eigenvalue weighted by molar-refractivity contribution is 6.48. The van der Waals surface area contributed by atoms with Crippen molar-refractivity contribution < 1.29 is 36.2 Å². The van der Waals surface area contributed by atoms with E-state index in [1.54, 1.807) is 0 Å². The molecule has 0 heterocycles. The Hall–Kier alpha value is -1.90. The second-order valence-corrected chi connectivity index (χ2v) is 7.66. The van der Waals surface area contributed by atoms with Crippen molar-refractivity contribution in [3.05, 3.63) is 73.7 Å². The third-order valence-electron chi connectivity index (χ3n) is 4.44. The average molecular weight is 506 g/mol. The predicted molar refractivity (Wildman–Crippen MR) is 107 cm³/mol. The second kappa shape index (κ2) is 9.30. The summed E-state index contributed by atoms with van der Waals surface area (Å²) in [6, 6.07) is 3.67. The number of benzene rings is 2. The molecule has 2 nitrogen and oxygen atoms in total. The summed E-state index contributed by atoms with van der Waals surface area (Å²) >= 11 is 17.6. The number of carboxylic acids is 1. The van der Waals surface area contributed by atoms with Crippen molar-refractivity contribution in [3.8, 4) is 0 Å². The number of halogens is 9. The van der Waals surface area contributed by atoms with Crippen LogP contribution in [0.25, 0.3) is 5.83 Å². The van der Waals surface area contributed by atoms with E-state index < -0.39 is 52.9 Å². The standard InChI is InChI=1S/C20H13Cl3F6O2/c1-2-19(25,26)12(10-6-14(21)17(23)15(22)7-10)8-16(24)9-3-4-11(18(30)31)13(5-9)20(27,28)29/h3-8,12H,2H2,1H3,(H,30,31)/b16-8-/t12-/m0/s1. The van der Waals surface area contributed by atoms with Gasteiger partial charge in [0.25, 0.3) is 5.92 Å². The minimum Gasteiger partial charge on any atom is -0.478 e. The molecule has 0 bridgehead atoms. The fraction of sp³-hybridized carbons (Fsp3) is 0.250. The first-order valence-corrected chi connectivity index (χ1v) is 9.67. The summed E-state index contributed by atoms with van der Waals surface area (Å²) in [5.41, 5.74) is -3.65. The first kappa shape index (κ1) is 25.4. The molecule has 2 rings (SSSR count). The molecule has 1 N–H and O–H groups in total. The molecule has 31 heavy (non-hydrogen) atoms. The van der Waals surface area contributed by atoms with E-state index in [0.29, 0.717) is 12.1 Å². The first-order valence-electron chi connectivity index (χ1n) is 8.53. The summed E-state index contributed by atoms with van der Waals surface area (Å²) in [5.74, 6) is -8.75. The van der Waals surface area contributed by atoms with Crippen LogP contribution in [0, 0.1) is 0 Å². The fourth-order valence-corrected chi connectivity index (χ4v) is 3.41. The van der Waals surface area contributed by atoms with E-state index in [9.17, 15) is 31.1 Å². The van der Waals surface area contributed by atoms with Gasteiger partial charge in [0, 0.05) is 12.0 Å². The minimum absolute atomic E-state index is 0.103. The number of alkyl halides is 5. The Morgan fingerprint density at radius 2 is 1.61 bits per heavy atom. The molecule has 0 saturated heterocycles. The van der Waals surface area contributed by atoms with Gasteiger partial charge in [-0.25, -0.2) is 18.0 Å². The molecule has 0 aliphatic carbocycles. The van der Waals surface area contributed by atoms with Gasteiger partial charge in [-0.05, 0) is 35.9 Å². The molecule has 1 atom stereocenters. The van der Waals surface area contributed by atoms with Crippen LogP contribution >= 0.6 is 34.8 Å². The lowest BCUT2D eigenvalue weighted by molar-refractivity contribution is -0.138. The average Bonchev–Trinajstić information content (AvgIpc) is 2.68. The Morgan fingerprint density at radius 1 is 1.06 bits per heavy atom. The highest BCUT2D eigenvalue weighted by Crippen LogP contribution is 2.43. The molecule has 0 aliphatic rings. The molecule has 0 spiro atoms. The zero-order chi connectivity index (χ0) is 23.7. The summed E-state index contributed by atoms with van der Waals surface area (Å²) < 4.78 is 83.6. The van der Waals surface area contributed by atoms with Gasteiger partial charge < -0.3 is 5.11 Å². The SMILES string of the molecule is CCC(F)(F)[C@@H](/C=C(\F)c1ccc(C(=O)O)c(C(F)(F)F)c1)c1cc(Cl)c(Cl)c(Cl)c1. The molecule has 11 heteroatoms. The van der Waals surface area contributed by atoms with Crippen molar-refractivity contribution in [2.45, 2.75) is 31.4 Å². The third-order valence-corrected chi connectivity index (χ3v) is 5.63. The topological polar surface area (TPSA) is 37.3 Å². The lowest BCUT2D eigenvalue weighted by Gasteiger charge is -2.24. The maximum absolute atomic E-state index is 14.8. The smallest absolute Gasteiger partial charge is 0.417 e. The third kappa shape index (κ3) is 5.67. The van der Waals surface area contributed by atoms with E-state index in [1.807, 2.05) is 0 Å². The van der Waals surface area contributed by atoms with Crippen molar-refractivity contribution in [1.82, 2.24) is 0 Å². The van der Waals surface area contributed by atoms with Crippen molar-refractivity contribution >= 4 is 46.6 Å². The molecule has 2 aromatic rings. The quantitative estimate of drug-likeness (QED) is 0.316. The number of allylic oxidation sites excluding steroid dienone is 1. The second-order valence-electron chi connectivity index (χ2n) is 6.47. The maximum atomic E-state index is 14.8. The van der Waals surface area contributed by atoms with Crippen LogP contribution in [-0.2, 0) is 6.18 Å². The van der Waals surface area contributed by atoms with Gasteiger partial charge in [0.2, 0.25) is 0 Å². The Balaban J connectivity index is 2.66. The Kier molecular flexibility index (Phi) is 7.61. The van der Waals surface area contributed by atoms with E-state index in [1.165, 1.54) is 0 Å². The zero-order valence-corrected chi connectivity index (χ0v) is 17.8. The van der Waals surface area contributed by atoms with E-state index in [4.69, 9.17) is 39.9 Å². The number of hydrogen-bond donors (Lipinski definition) is 1. The molecule has 0 saturated carbocycles. The highest BCUT2D eigenvalue weighted by Gasteiger charge is 2.39. The molecule has 0 aromatic heterocycles. The predicted octanol–water partition coefficient (Wildman–Crippen LogP) is 8.50. The summed E-state index contributed by atoms with van der Waals surface area (Å²) in [7, 11) is 0. The fourth-order valence-electron chi connectivity index (χ4n) is 2.79. The number of aromatic carboxylic acids is 1. The Morgan fingerprint density at radius 3 is 2.06 bits per heavy atom. The lowest BCUT2D eigenvalue weighted by Crippen LogP contribution is -2.24. The Labute approximate surface area is 188 Å². The molecule has 0 amide bonds. The van der Waals surface area contributed by atoms with Gasteiger partial charge in [0.1, 0.15) is 5.83 Å². The van der Waals surface area contributed by atoms with Crippen LogP contribution in [0.15, 0.2) is 36.4 Å². The summed E-state index contributed by atoms with van der Waals surface area (Å²) in [6.45, 7) is 1.14. The van der Waals surface area contributed by atoms with E-state index >= 15 is 0 Å². The van der Waals surface area contributed by atoms with Crippen molar-refractivity contribution in [1.29, 1.82) is 0 Å². The summed E-state index contributed by atoms with van der Waals surface area (Å²) in [6.07, 6.45) is -5.39. The molecular weight excluding hydrogens is 493 g/mol. The molecular formula is C20H13Cl3F6O2. The van der Waals surface area contributed by atoms with Crippen LogP contribution in [0.1, 0.15) is 46.3 Å². The largest absolute Gasteiger partial charge is 0.478 e. The van der Waals surface area contributed by atoms with Crippen LogP contribution in [0.4, 0.5) is 26.3 Å². The molecule has 168 valence electrons. The van der Waals surface area contributed by atoms with Crippen LogP contribution in [0.3, 0.4) is 0 Å². The molecule has 0 fully saturated rings. The van der Waals surface area contributed by atoms with Crippen LogP contribution in [0.2, 0.25) is 15.1 Å². The van der Waals surface area contributed by atoms with E-state index in [-0.39, 0.29) is 26.7 Å². The van der Waals surface area contributed by atoms with Crippen LogP contribution in [0.5, 0.6) is 0 Å². The van der Waals surface area contributed by atoms with E-state index in [0.717, 1.165) is 25.1 Å². The molecule has 2 aromatic carbocycles.